The van der Waals surface area contributed by atoms with Crippen LogP contribution in [0.3, 0.4) is 0 Å². The van der Waals surface area contributed by atoms with E-state index in [1.165, 1.54) is 13.3 Å². The van der Waals surface area contributed by atoms with Crippen molar-refractivity contribution in [2.75, 3.05) is 0 Å². The summed E-state index contributed by atoms with van der Waals surface area (Å²) in [6.07, 6.45) is 3.28. The van der Waals surface area contributed by atoms with Gasteiger partial charge in [0.05, 0.1) is 0 Å². The Morgan fingerprint density at radius 1 is 1.10 bits per heavy atom. The number of nitrogens with one attached hydrogen (secondary N) is 1. The molecule has 0 aromatic heterocycles. The summed E-state index contributed by atoms with van der Waals surface area (Å²) in [5, 5.41) is 2.98. The van der Waals surface area contributed by atoms with E-state index in [4.69, 9.17) is 4.74 Å². The maximum absolute atomic E-state index is 12.1. The molecule has 0 bridgehead atoms. The van der Waals surface area contributed by atoms with Crippen molar-refractivity contribution in [3.05, 3.63) is 29.8 Å². The minimum atomic E-state index is -0.369. The molecule has 0 aliphatic rings. The monoisotopic (exact) mass is 291 g/mol. The Morgan fingerprint density at radius 3 is 2.24 bits per heavy atom. The summed E-state index contributed by atoms with van der Waals surface area (Å²) in [6, 6.07) is 6.73. The van der Waals surface area contributed by atoms with Gasteiger partial charge in [0.2, 0.25) is 0 Å². The van der Waals surface area contributed by atoms with Crippen LogP contribution < -0.4 is 10.1 Å². The molecule has 1 aromatic carbocycles. The van der Waals surface area contributed by atoms with Gasteiger partial charge in [-0.15, -0.1) is 0 Å². The predicted molar refractivity (Wildman–Crippen MR) is 83.4 cm³/mol. The zero-order valence-corrected chi connectivity index (χ0v) is 13.3. The fourth-order valence-electron chi connectivity index (χ4n) is 2.05. The topological polar surface area (TPSA) is 55.4 Å². The summed E-state index contributed by atoms with van der Waals surface area (Å²) in [6.45, 7) is 7.77. The lowest BCUT2D eigenvalue weighted by atomic mass is 10.0. The molecular weight excluding hydrogens is 266 g/mol. The Hall–Kier alpha value is -1.84. The molecule has 1 amide bonds. The minimum absolute atomic E-state index is 0.0959. The number of hydrogen-bond donors (Lipinski definition) is 1. The minimum Gasteiger partial charge on any atom is -0.427 e. The Bertz CT molecular complexity index is 465. The smallest absolute Gasteiger partial charge is 0.308 e. The van der Waals surface area contributed by atoms with Crippen molar-refractivity contribution < 1.29 is 14.3 Å². The van der Waals surface area contributed by atoms with Gasteiger partial charge in [0, 0.05) is 18.5 Å². The summed E-state index contributed by atoms with van der Waals surface area (Å²) in [7, 11) is 0. The highest BCUT2D eigenvalue weighted by molar-refractivity contribution is 5.94. The van der Waals surface area contributed by atoms with Gasteiger partial charge in [0.25, 0.3) is 5.91 Å². The van der Waals surface area contributed by atoms with Gasteiger partial charge < -0.3 is 10.1 Å². The van der Waals surface area contributed by atoms with Crippen LogP contribution in [-0.4, -0.2) is 17.9 Å². The van der Waals surface area contributed by atoms with Crippen LogP contribution in [0.2, 0.25) is 0 Å². The number of hydrogen-bond acceptors (Lipinski definition) is 3. The highest BCUT2D eigenvalue weighted by Crippen LogP contribution is 2.13. The summed E-state index contributed by atoms with van der Waals surface area (Å²) in [5.74, 6) is 0.679. The molecular formula is C17H25NO3. The fourth-order valence-corrected chi connectivity index (χ4v) is 2.05. The second-order valence-electron chi connectivity index (χ2n) is 5.82. The van der Waals surface area contributed by atoms with Crippen molar-refractivity contribution in [1.82, 2.24) is 5.32 Å². The molecule has 0 spiro atoms. The Labute approximate surface area is 126 Å². The third-order valence-electron chi connectivity index (χ3n) is 3.17. The van der Waals surface area contributed by atoms with Crippen LogP contribution in [0.5, 0.6) is 5.75 Å². The number of rotatable bonds is 7. The van der Waals surface area contributed by atoms with Crippen LogP contribution in [-0.2, 0) is 4.79 Å². The number of esters is 1. The lowest BCUT2D eigenvalue weighted by Crippen LogP contribution is -2.32. The number of carbonyl (C=O) groups is 2. The SMILES string of the molecule is CC(=O)Oc1ccc(C(=O)NC(C)CCCC(C)C)cc1. The molecule has 1 rings (SSSR count). The van der Waals surface area contributed by atoms with Crippen LogP contribution in [0.4, 0.5) is 0 Å². The summed E-state index contributed by atoms with van der Waals surface area (Å²) in [4.78, 5) is 22.9. The first-order valence-corrected chi connectivity index (χ1v) is 7.48. The van der Waals surface area contributed by atoms with E-state index in [9.17, 15) is 9.59 Å². The van der Waals surface area contributed by atoms with Crippen LogP contribution >= 0.6 is 0 Å². The van der Waals surface area contributed by atoms with Crippen LogP contribution in [0.25, 0.3) is 0 Å². The van der Waals surface area contributed by atoms with E-state index in [0.29, 0.717) is 17.2 Å². The normalized spacial score (nSPS) is 12.0. The lowest BCUT2D eigenvalue weighted by molar-refractivity contribution is -0.131. The van der Waals surface area contributed by atoms with Crippen molar-refractivity contribution in [3.63, 3.8) is 0 Å². The average molecular weight is 291 g/mol. The van der Waals surface area contributed by atoms with E-state index in [0.717, 1.165) is 12.8 Å². The molecule has 1 aromatic rings. The highest BCUT2D eigenvalue weighted by atomic mass is 16.5. The average Bonchev–Trinajstić information content (AvgIpc) is 2.38. The zero-order chi connectivity index (χ0) is 15.8. The van der Waals surface area contributed by atoms with Crippen molar-refractivity contribution in [3.8, 4) is 5.75 Å². The molecule has 0 radical (unpaired) electrons. The Balaban J connectivity index is 2.45. The molecule has 1 unspecified atom stereocenters. The second-order valence-corrected chi connectivity index (χ2v) is 5.82. The molecule has 0 fully saturated rings. The van der Waals surface area contributed by atoms with Gasteiger partial charge in [-0.05, 0) is 43.5 Å². The van der Waals surface area contributed by atoms with E-state index in [-0.39, 0.29) is 17.9 Å². The fraction of sp³-hybridized carbons (Fsp3) is 0.529. The summed E-state index contributed by atoms with van der Waals surface area (Å²) >= 11 is 0. The molecule has 1 N–H and O–H groups in total. The highest BCUT2D eigenvalue weighted by Gasteiger charge is 2.10. The number of ether oxygens (including phenoxy) is 1. The molecule has 116 valence electrons. The van der Waals surface area contributed by atoms with Crippen molar-refractivity contribution in [2.24, 2.45) is 5.92 Å². The molecule has 0 aliphatic carbocycles. The summed E-state index contributed by atoms with van der Waals surface area (Å²) in [5.41, 5.74) is 0.571. The third-order valence-corrected chi connectivity index (χ3v) is 3.17. The van der Waals surface area contributed by atoms with E-state index < -0.39 is 0 Å². The standard InChI is InChI=1S/C17H25NO3/c1-12(2)6-5-7-13(3)18-17(20)15-8-10-16(11-9-15)21-14(4)19/h8-13H,5-7H2,1-4H3,(H,18,20). The molecule has 4 heteroatoms. The van der Waals surface area contributed by atoms with E-state index >= 15 is 0 Å². The predicted octanol–water partition coefficient (Wildman–Crippen LogP) is 3.56. The Kier molecular flexibility index (Phi) is 6.92. The molecule has 0 saturated carbocycles. The maximum atomic E-state index is 12.1. The number of amides is 1. The lowest BCUT2D eigenvalue weighted by Gasteiger charge is -2.14. The van der Waals surface area contributed by atoms with Crippen LogP contribution in [0.15, 0.2) is 24.3 Å². The van der Waals surface area contributed by atoms with Gasteiger partial charge in [-0.25, -0.2) is 0 Å². The molecule has 0 saturated heterocycles. The molecule has 21 heavy (non-hydrogen) atoms. The van der Waals surface area contributed by atoms with Gasteiger partial charge in [-0.1, -0.05) is 26.7 Å². The first-order chi connectivity index (χ1) is 9.88. The number of carbonyl (C=O) groups excluding carboxylic acids is 2. The van der Waals surface area contributed by atoms with Crippen molar-refractivity contribution >= 4 is 11.9 Å². The van der Waals surface area contributed by atoms with E-state index in [1.807, 2.05) is 6.92 Å². The van der Waals surface area contributed by atoms with Gasteiger partial charge in [0.1, 0.15) is 5.75 Å². The Morgan fingerprint density at radius 2 is 1.71 bits per heavy atom. The van der Waals surface area contributed by atoms with Crippen LogP contribution in [0, 0.1) is 5.92 Å². The summed E-state index contributed by atoms with van der Waals surface area (Å²) < 4.78 is 4.93. The molecule has 1 atom stereocenters. The third kappa shape index (κ3) is 6.93. The van der Waals surface area contributed by atoms with Gasteiger partial charge in [-0.2, -0.15) is 0 Å². The van der Waals surface area contributed by atoms with Gasteiger partial charge in [0.15, 0.2) is 0 Å². The van der Waals surface area contributed by atoms with E-state index in [2.05, 4.69) is 19.2 Å². The first kappa shape index (κ1) is 17.2. The number of benzene rings is 1. The molecule has 0 aliphatic heterocycles. The first-order valence-electron chi connectivity index (χ1n) is 7.48. The second kappa shape index (κ2) is 8.45. The van der Waals surface area contributed by atoms with Crippen molar-refractivity contribution in [2.45, 2.75) is 53.0 Å². The van der Waals surface area contributed by atoms with Gasteiger partial charge >= 0.3 is 5.97 Å². The molecule has 0 heterocycles. The quantitative estimate of drug-likeness (QED) is 0.617. The van der Waals surface area contributed by atoms with Crippen LogP contribution in [0.1, 0.15) is 57.3 Å². The zero-order valence-electron chi connectivity index (χ0n) is 13.3. The van der Waals surface area contributed by atoms with E-state index in [1.54, 1.807) is 24.3 Å². The van der Waals surface area contributed by atoms with Gasteiger partial charge in [-0.3, -0.25) is 9.59 Å². The molecule has 4 nitrogen and oxygen atoms in total. The van der Waals surface area contributed by atoms with Crippen molar-refractivity contribution in [1.29, 1.82) is 0 Å². The maximum Gasteiger partial charge on any atom is 0.308 e. The largest absolute Gasteiger partial charge is 0.427 e.